The van der Waals surface area contributed by atoms with E-state index in [0.29, 0.717) is 18.2 Å². The Labute approximate surface area is 157 Å². The molecule has 2 aromatic carbocycles. The van der Waals surface area contributed by atoms with Gasteiger partial charge in [-0.25, -0.2) is 0 Å². The first-order valence-electron chi connectivity index (χ1n) is 9.93. The van der Waals surface area contributed by atoms with Crippen molar-refractivity contribution < 1.29 is 4.74 Å². The number of piperazine rings is 1. The molecule has 3 fully saturated rings. The predicted octanol–water partition coefficient (Wildman–Crippen LogP) is 3.94. The predicted molar refractivity (Wildman–Crippen MR) is 106 cm³/mol. The number of hydrogen-bond acceptors (Lipinski definition) is 3. The van der Waals surface area contributed by atoms with Crippen molar-refractivity contribution in [1.82, 2.24) is 9.80 Å². The van der Waals surface area contributed by atoms with Gasteiger partial charge in [-0.3, -0.25) is 9.80 Å². The minimum Gasteiger partial charge on any atom is -0.372 e. The molecule has 2 aromatic rings. The highest BCUT2D eigenvalue weighted by Gasteiger charge is 2.38. The molecule has 3 heteroatoms. The van der Waals surface area contributed by atoms with E-state index < -0.39 is 0 Å². The molecule has 0 spiro atoms. The maximum Gasteiger partial charge on any atom is 0.0747 e. The van der Waals surface area contributed by atoms with Crippen LogP contribution in [0, 0.1) is 0 Å². The molecular formula is C23H30N2O. The lowest BCUT2D eigenvalue weighted by Gasteiger charge is -2.49. The Morgan fingerprint density at radius 1 is 0.885 bits per heavy atom. The monoisotopic (exact) mass is 350 g/mol. The molecule has 3 atom stereocenters. The van der Waals surface area contributed by atoms with E-state index in [2.05, 4.69) is 77.5 Å². The van der Waals surface area contributed by atoms with Gasteiger partial charge in [0, 0.05) is 31.7 Å². The van der Waals surface area contributed by atoms with Crippen LogP contribution in [0.25, 0.3) is 0 Å². The second-order valence-electron chi connectivity index (χ2n) is 7.84. The van der Waals surface area contributed by atoms with E-state index in [-0.39, 0.29) is 0 Å². The maximum atomic E-state index is 6.43. The van der Waals surface area contributed by atoms with Crippen LogP contribution in [0.5, 0.6) is 0 Å². The molecule has 0 radical (unpaired) electrons. The van der Waals surface area contributed by atoms with Gasteiger partial charge in [-0.2, -0.15) is 0 Å². The normalized spacial score (nSPS) is 27.2. The molecule has 26 heavy (non-hydrogen) atoms. The Hall–Kier alpha value is -1.68. The van der Waals surface area contributed by atoms with Gasteiger partial charge in [0.05, 0.1) is 12.7 Å². The van der Waals surface area contributed by atoms with Gasteiger partial charge in [0.2, 0.25) is 0 Å². The van der Waals surface area contributed by atoms with Crippen molar-refractivity contribution in [3.63, 3.8) is 0 Å². The lowest BCUT2D eigenvalue weighted by atomic mass is 9.91. The van der Waals surface area contributed by atoms with Gasteiger partial charge >= 0.3 is 0 Å². The summed E-state index contributed by atoms with van der Waals surface area (Å²) in [6, 6.07) is 22.6. The van der Waals surface area contributed by atoms with E-state index in [4.69, 9.17) is 4.74 Å². The van der Waals surface area contributed by atoms with Crippen LogP contribution >= 0.6 is 0 Å². The molecule has 0 aromatic heterocycles. The van der Waals surface area contributed by atoms with E-state index in [1.54, 1.807) is 0 Å². The Balaban J connectivity index is 1.44. The van der Waals surface area contributed by atoms with Gasteiger partial charge in [0.1, 0.15) is 0 Å². The van der Waals surface area contributed by atoms with Gasteiger partial charge in [0.15, 0.2) is 0 Å². The third-order valence-electron chi connectivity index (χ3n) is 5.99. The second kappa shape index (κ2) is 8.34. The van der Waals surface area contributed by atoms with Gasteiger partial charge in [-0.1, -0.05) is 60.7 Å². The third-order valence-corrected chi connectivity index (χ3v) is 5.99. The van der Waals surface area contributed by atoms with Crippen LogP contribution in [0.2, 0.25) is 0 Å². The molecule has 3 heterocycles. The summed E-state index contributed by atoms with van der Waals surface area (Å²) in [7, 11) is 2.28. The topological polar surface area (TPSA) is 15.7 Å². The van der Waals surface area contributed by atoms with Crippen LogP contribution in [0.15, 0.2) is 60.7 Å². The van der Waals surface area contributed by atoms with Gasteiger partial charge in [0.25, 0.3) is 0 Å². The molecule has 0 saturated carbocycles. The summed E-state index contributed by atoms with van der Waals surface area (Å²) in [6.45, 7) is 4.04. The zero-order chi connectivity index (χ0) is 17.8. The fourth-order valence-corrected chi connectivity index (χ4v) is 4.52. The second-order valence-corrected chi connectivity index (χ2v) is 7.84. The lowest BCUT2D eigenvalue weighted by Crippen LogP contribution is -2.61. The molecule has 2 bridgehead atoms. The van der Waals surface area contributed by atoms with Crippen LogP contribution in [0.1, 0.15) is 30.4 Å². The van der Waals surface area contributed by atoms with Crippen LogP contribution in [-0.2, 0) is 17.9 Å². The van der Waals surface area contributed by atoms with Gasteiger partial charge < -0.3 is 4.74 Å². The zero-order valence-electron chi connectivity index (χ0n) is 15.8. The van der Waals surface area contributed by atoms with Crippen molar-refractivity contribution >= 4 is 0 Å². The maximum absolute atomic E-state index is 6.43. The Morgan fingerprint density at radius 3 is 2.31 bits per heavy atom. The molecular weight excluding hydrogens is 320 g/mol. The number of rotatable bonds is 5. The number of nitrogens with zero attached hydrogens (tertiary/aromatic N) is 2. The quantitative estimate of drug-likeness (QED) is 0.812. The molecule has 0 N–H and O–H groups in total. The third kappa shape index (κ3) is 4.17. The number of benzene rings is 2. The molecule has 0 aliphatic carbocycles. The SMILES string of the molecule is CN1C[C@@H]2CCC[C@@H](OCc3ccccc3)[C@@H]1CN2Cc1ccccc1. The molecule has 5 rings (SSSR count). The summed E-state index contributed by atoms with van der Waals surface area (Å²) in [5, 5.41) is 0. The average Bonchev–Trinajstić information content (AvgIpc) is 2.66. The molecule has 0 unspecified atom stereocenters. The highest BCUT2D eigenvalue weighted by Crippen LogP contribution is 2.29. The largest absolute Gasteiger partial charge is 0.372 e. The van der Waals surface area contributed by atoms with E-state index >= 15 is 0 Å². The zero-order valence-corrected chi connectivity index (χ0v) is 15.8. The lowest BCUT2D eigenvalue weighted by molar-refractivity contribution is -0.0799. The van der Waals surface area contributed by atoms with Crippen LogP contribution in [0.4, 0.5) is 0 Å². The first-order chi connectivity index (χ1) is 12.8. The first-order valence-corrected chi connectivity index (χ1v) is 9.93. The molecule has 3 nitrogen and oxygen atoms in total. The number of ether oxygens (including phenoxy) is 1. The van der Waals surface area contributed by atoms with Crippen molar-refractivity contribution in [3.05, 3.63) is 71.8 Å². The Kier molecular flexibility index (Phi) is 5.68. The summed E-state index contributed by atoms with van der Waals surface area (Å²) in [5.41, 5.74) is 2.69. The van der Waals surface area contributed by atoms with Crippen molar-refractivity contribution in [2.24, 2.45) is 0 Å². The van der Waals surface area contributed by atoms with Gasteiger partial charge in [-0.15, -0.1) is 0 Å². The van der Waals surface area contributed by atoms with E-state index in [1.807, 2.05) is 0 Å². The minimum absolute atomic E-state index is 0.319. The van der Waals surface area contributed by atoms with Gasteiger partial charge in [-0.05, 0) is 37.4 Å². The van der Waals surface area contributed by atoms with Crippen molar-refractivity contribution in [3.8, 4) is 0 Å². The first kappa shape index (κ1) is 17.7. The molecule has 3 aliphatic rings. The van der Waals surface area contributed by atoms with E-state index in [9.17, 15) is 0 Å². The molecule has 3 aliphatic heterocycles. The molecule has 0 amide bonds. The molecule has 3 saturated heterocycles. The Morgan fingerprint density at radius 2 is 1.58 bits per heavy atom. The number of fused-ring (bicyclic) bond motifs is 5. The standard InChI is InChI=1S/C23H30N2O/c1-24-16-21-13-8-14-23(26-18-20-11-6-3-7-12-20)22(24)17-25(21)15-19-9-4-2-5-10-19/h2-7,9-12,21-23H,8,13-18H2,1H3/t21-,22-,23+/m0/s1. The van der Waals surface area contributed by atoms with Crippen LogP contribution < -0.4 is 0 Å². The average molecular weight is 351 g/mol. The summed E-state index contributed by atoms with van der Waals surface area (Å²) >= 11 is 0. The van der Waals surface area contributed by atoms with Crippen LogP contribution in [0.3, 0.4) is 0 Å². The fraction of sp³-hybridized carbons (Fsp3) is 0.478. The summed E-state index contributed by atoms with van der Waals surface area (Å²) in [4.78, 5) is 5.24. The van der Waals surface area contributed by atoms with Crippen LogP contribution in [-0.4, -0.2) is 48.1 Å². The highest BCUT2D eigenvalue weighted by molar-refractivity contribution is 5.15. The summed E-state index contributed by atoms with van der Waals surface area (Å²) < 4.78 is 6.43. The summed E-state index contributed by atoms with van der Waals surface area (Å²) in [5.74, 6) is 0. The smallest absolute Gasteiger partial charge is 0.0747 e. The van der Waals surface area contributed by atoms with E-state index in [0.717, 1.165) is 26.2 Å². The number of hydrogen-bond donors (Lipinski definition) is 0. The summed E-state index contributed by atoms with van der Waals surface area (Å²) in [6.07, 6.45) is 4.03. The van der Waals surface area contributed by atoms with Crippen molar-refractivity contribution in [1.29, 1.82) is 0 Å². The van der Waals surface area contributed by atoms with E-state index in [1.165, 1.54) is 30.4 Å². The molecule has 138 valence electrons. The highest BCUT2D eigenvalue weighted by atomic mass is 16.5. The van der Waals surface area contributed by atoms with Crippen molar-refractivity contribution in [2.75, 3.05) is 20.1 Å². The fourth-order valence-electron chi connectivity index (χ4n) is 4.52. The Bertz CT molecular complexity index is 675. The minimum atomic E-state index is 0.319. The number of likely N-dealkylation sites (N-methyl/N-ethyl adjacent to an activating group) is 1. The van der Waals surface area contributed by atoms with Crippen molar-refractivity contribution in [2.45, 2.75) is 50.6 Å².